The highest BCUT2D eigenvalue weighted by atomic mass is 79.9. The highest BCUT2D eigenvalue weighted by Crippen LogP contribution is 2.39. The number of quaternary nitrogens is 1. The van der Waals surface area contributed by atoms with Crippen LogP contribution in [0.4, 0.5) is 11.4 Å². The predicted octanol–water partition coefficient (Wildman–Crippen LogP) is 2.97. The van der Waals surface area contributed by atoms with Gasteiger partial charge in [-0.05, 0) is 42.5 Å². The number of hydrogen-bond donors (Lipinski definition) is 2. The lowest BCUT2D eigenvalue weighted by Gasteiger charge is -2.24. The molecule has 1 saturated heterocycles. The van der Waals surface area contributed by atoms with Crippen molar-refractivity contribution in [2.75, 3.05) is 45.3 Å². The number of anilines is 1. The van der Waals surface area contributed by atoms with E-state index in [9.17, 15) is 9.90 Å². The largest absolute Gasteiger partial charge is 0.493 e. The van der Waals surface area contributed by atoms with Crippen LogP contribution in [0.15, 0.2) is 57.2 Å². The molecule has 0 atom stereocenters. The topological polar surface area (TPSA) is 83.9 Å². The lowest BCUT2D eigenvalue weighted by molar-refractivity contribution is -0.930. The fourth-order valence-corrected chi connectivity index (χ4v) is 4.01. The van der Waals surface area contributed by atoms with Gasteiger partial charge in [0.1, 0.15) is 13.1 Å². The van der Waals surface area contributed by atoms with E-state index in [1.807, 2.05) is 53.9 Å². The summed E-state index contributed by atoms with van der Waals surface area (Å²) < 4.78 is 8.12. The Hall–Kier alpha value is -2.75. The summed E-state index contributed by atoms with van der Waals surface area (Å²) in [7, 11) is 3.87. The van der Waals surface area contributed by atoms with Gasteiger partial charge in [0.25, 0.3) is 5.91 Å². The van der Waals surface area contributed by atoms with Crippen LogP contribution in [0.3, 0.4) is 0 Å². The van der Waals surface area contributed by atoms with Crippen LogP contribution in [0.5, 0.6) is 5.88 Å². The zero-order valence-electron chi connectivity index (χ0n) is 17.5. The van der Waals surface area contributed by atoms with Gasteiger partial charge in [-0.3, -0.25) is 9.36 Å². The minimum Gasteiger partial charge on any atom is -0.493 e. The summed E-state index contributed by atoms with van der Waals surface area (Å²) in [4.78, 5) is 15.8. The maximum Gasteiger partial charge on any atom is 0.295 e. The SMILES string of the molecule is CN(C)c1ccc(C(=O)N=Nc2c(O)n(C[NH+]3CCOCC3)c3ccc(Br)cc23)cc1. The number of hydrogen-bond acceptors (Lipinski definition) is 5. The molecular formula is C22H25BrN5O3+. The second-order valence-electron chi connectivity index (χ2n) is 7.73. The number of nitrogens with one attached hydrogen (secondary N) is 1. The molecule has 1 aromatic heterocycles. The van der Waals surface area contributed by atoms with Crippen molar-refractivity contribution in [1.82, 2.24) is 4.57 Å². The summed E-state index contributed by atoms with van der Waals surface area (Å²) in [5, 5.41) is 19.7. The van der Waals surface area contributed by atoms with Gasteiger partial charge in [-0.15, -0.1) is 10.2 Å². The van der Waals surface area contributed by atoms with Gasteiger partial charge in [-0.2, -0.15) is 0 Å². The molecule has 2 N–H and O–H groups in total. The molecule has 9 heteroatoms. The third-order valence-electron chi connectivity index (χ3n) is 5.43. The fourth-order valence-electron chi connectivity index (χ4n) is 3.65. The maximum atomic E-state index is 12.5. The molecule has 31 heavy (non-hydrogen) atoms. The van der Waals surface area contributed by atoms with E-state index >= 15 is 0 Å². The first-order chi connectivity index (χ1) is 14.9. The lowest BCUT2D eigenvalue weighted by Crippen LogP contribution is -3.13. The van der Waals surface area contributed by atoms with Gasteiger partial charge in [0.05, 0.1) is 18.7 Å². The lowest BCUT2D eigenvalue weighted by atomic mass is 10.2. The molecule has 0 aliphatic carbocycles. The van der Waals surface area contributed by atoms with Crippen LogP contribution in [-0.2, 0) is 11.4 Å². The van der Waals surface area contributed by atoms with Crippen molar-refractivity contribution in [2.45, 2.75) is 6.67 Å². The van der Waals surface area contributed by atoms with Crippen LogP contribution in [0.2, 0.25) is 0 Å². The van der Waals surface area contributed by atoms with E-state index in [-0.39, 0.29) is 5.88 Å². The smallest absolute Gasteiger partial charge is 0.295 e. The van der Waals surface area contributed by atoms with Crippen LogP contribution >= 0.6 is 15.9 Å². The van der Waals surface area contributed by atoms with Crippen molar-refractivity contribution in [1.29, 1.82) is 0 Å². The van der Waals surface area contributed by atoms with Crippen LogP contribution in [0.1, 0.15) is 10.4 Å². The average molecular weight is 487 g/mol. The molecule has 1 aliphatic rings. The number of carbonyl (C=O) groups excluding carboxylic acids is 1. The van der Waals surface area contributed by atoms with Crippen LogP contribution in [0, 0.1) is 0 Å². The van der Waals surface area contributed by atoms with Gasteiger partial charge in [0, 0.05) is 35.2 Å². The molecule has 0 radical (unpaired) electrons. The van der Waals surface area contributed by atoms with Gasteiger partial charge in [-0.1, -0.05) is 15.9 Å². The highest BCUT2D eigenvalue weighted by molar-refractivity contribution is 9.10. The molecule has 0 saturated carbocycles. The summed E-state index contributed by atoms with van der Waals surface area (Å²) >= 11 is 3.48. The predicted molar refractivity (Wildman–Crippen MR) is 122 cm³/mol. The summed E-state index contributed by atoms with van der Waals surface area (Å²) in [6, 6.07) is 12.9. The van der Waals surface area contributed by atoms with Crippen molar-refractivity contribution >= 4 is 44.1 Å². The van der Waals surface area contributed by atoms with Gasteiger partial charge in [-0.25, -0.2) is 0 Å². The number of aromatic hydroxyl groups is 1. The summed E-state index contributed by atoms with van der Waals surface area (Å²) in [6.07, 6.45) is 0. The summed E-state index contributed by atoms with van der Waals surface area (Å²) in [6.45, 7) is 3.73. The van der Waals surface area contributed by atoms with Crippen molar-refractivity contribution in [3.05, 3.63) is 52.5 Å². The molecule has 3 aromatic rings. The summed E-state index contributed by atoms with van der Waals surface area (Å²) in [5.41, 5.74) is 2.57. The van der Waals surface area contributed by atoms with Gasteiger partial charge in [0.2, 0.25) is 5.88 Å². The monoisotopic (exact) mass is 486 g/mol. The van der Waals surface area contributed by atoms with Crippen molar-refractivity contribution in [3.8, 4) is 5.88 Å². The Balaban J connectivity index is 1.65. The first-order valence-electron chi connectivity index (χ1n) is 10.1. The molecule has 2 aromatic carbocycles. The number of fused-ring (bicyclic) bond motifs is 1. The maximum absolute atomic E-state index is 12.5. The Labute approximate surface area is 188 Å². The van der Waals surface area contributed by atoms with Gasteiger partial charge in [0.15, 0.2) is 12.4 Å². The molecule has 162 valence electrons. The number of aromatic nitrogens is 1. The van der Waals surface area contributed by atoms with Crippen molar-refractivity contribution < 1.29 is 19.5 Å². The van der Waals surface area contributed by atoms with Crippen LogP contribution in [-0.4, -0.2) is 56.0 Å². The van der Waals surface area contributed by atoms with Gasteiger partial charge < -0.3 is 19.6 Å². The second-order valence-corrected chi connectivity index (χ2v) is 8.64. The van der Waals surface area contributed by atoms with Gasteiger partial charge >= 0.3 is 0 Å². The highest BCUT2D eigenvalue weighted by Gasteiger charge is 2.22. The molecule has 1 amide bonds. The van der Waals surface area contributed by atoms with E-state index < -0.39 is 5.91 Å². The molecule has 0 unspecified atom stereocenters. The summed E-state index contributed by atoms with van der Waals surface area (Å²) in [5.74, 6) is -0.453. The Bertz CT molecular complexity index is 1120. The molecular weight excluding hydrogens is 462 g/mol. The molecule has 1 aliphatic heterocycles. The van der Waals surface area contributed by atoms with E-state index in [1.165, 1.54) is 4.90 Å². The van der Waals surface area contributed by atoms with Crippen LogP contribution < -0.4 is 9.80 Å². The van der Waals surface area contributed by atoms with E-state index in [4.69, 9.17) is 4.74 Å². The quantitative estimate of drug-likeness (QED) is 0.543. The molecule has 4 rings (SSSR count). The number of carbonyl (C=O) groups is 1. The third-order valence-corrected chi connectivity index (χ3v) is 5.92. The minimum absolute atomic E-state index is 0.00611. The molecule has 2 heterocycles. The Morgan fingerprint density at radius 3 is 2.58 bits per heavy atom. The number of azo groups is 1. The van der Waals surface area contributed by atoms with Crippen molar-refractivity contribution in [2.24, 2.45) is 10.2 Å². The molecule has 0 spiro atoms. The van der Waals surface area contributed by atoms with E-state index in [2.05, 4.69) is 26.2 Å². The first kappa shape index (κ1) is 21.5. The van der Waals surface area contributed by atoms with E-state index in [1.54, 1.807) is 12.1 Å². The number of benzene rings is 2. The number of nitrogens with zero attached hydrogens (tertiary/aromatic N) is 4. The third kappa shape index (κ3) is 4.63. The standard InChI is InChI=1S/C22H24BrN5O3/c1-26(2)17-6-3-15(4-7-17)21(29)25-24-20-18-13-16(23)5-8-19(18)28(22(20)30)14-27-9-11-31-12-10-27/h3-8,13,30H,9-12,14H2,1-2H3/p+1. The normalized spacial score (nSPS) is 15.1. The molecule has 0 bridgehead atoms. The first-order valence-corrected chi connectivity index (χ1v) is 10.9. The number of amides is 1. The number of halogens is 1. The number of rotatable bonds is 5. The molecule has 8 nitrogen and oxygen atoms in total. The fraction of sp³-hybridized carbons (Fsp3) is 0.318. The number of morpholine rings is 1. The Kier molecular flexibility index (Phi) is 6.35. The average Bonchev–Trinajstić information content (AvgIpc) is 3.03. The van der Waals surface area contributed by atoms with Crippen molar-refractivity contribution in [3.63, 3.8) is 0 Å². The zero-order chi connectivity index (χ0) is 22.0. The van der Waals surface area contributed by atoms with Crippen LogP contribution in [0.25, 0.3) is 10.9 Å². The number of ether oxygens (including phenoxy) is 1. The Morgan fingerprint density at radius 1 is 1.19 bits per heavy atom. The zero-order valence-corrected chi connectivity index (χ0v) is 19.1. The van der Waals surface area contributed by atoms with E-state index in [0.717, 1.165) is 34.2 Å². The minimum atomic E-state index is -0.459. The Morgan fingerprint density at radius 2 is 1.90 bits per heavy atom. The van der Waals surface area contributed by atoms with E-state index in [0.29, 0.717) is 31.1 Å². The molecule has 1 fully saturated rings. The second kappa shape index (κ2) is 9.17.